The molecule has 1 nitrogen and oxygen atoms in total. The van der Waals surface area contributed by atoms with Gasteiger partial charge >= 0.3 is 0 Å². The molecule has 0 saturated heterocycles. The fourth-order valence-electron chi connectivity index (χ4n) is 1.78. The number of benzene rings is 1. The number of rotatable bonds is 1. The van der Waals surface area contributed by atoms with Gasteiger partial charge in [-0.15, -0.1) is 0 Å². The van der Waals surface area contributed by atoms with E-state index < -0.39 is 0 Å². The third kappa shape index (κ3) is 2.09. The second-order valence-electron chi connectivity index (χ2n) is 4.91. The molecular formula is C13H20O. The maximum absolute atomic E-state index is 5.46. The summed E-state index contributed by atoms with van der Waals surface area (Å²) in [5, 5.41) is 0. The van der Waals surface area contributed by atoms with Crippen LogP contribution in [0.25, 0.3) is 0 Å². The van der Waals surface area contributed by atoms with E-state index in [4.69, 9.17) is 4.74 Å². The van der Waals surface area contributed by atoms with Gasteiger partial charge in [-0.25, -0.2) is 0 Å². The lowest BCUT2D eigenvalue weighted by molar-refractivity contribution is 0.394. The topological polar surface area (TPSA) is 9.23 Å². The molecule has 0 aromatic heterocycles. The summed E-state index contributed by atoms with van der Waals surface area (Å²) in [5.41, 5.74) is 3.95. The molecule has 0 bridgehead atoms. The molecule has 1 rings (SSSR count). The van der Waals surface area contributed by atoms with Crippen molar-refractivity contribution in [1.82, 2.24) is 0 Å². The highest BCUT2D eigenvalue weighted by Gasteiger charge is 2.20. The van der Waals surface area contributed by atoms with Gasteiger partial charge < -0.3 is 4.74 Å². The first kappa shape index (κ1) is 11.1. The zero-order valence-electron chi connectivity index (χ0n) is 10.1. The quantitative estimate of drug-likeness (QED) is 0.660. The van der Waals surface area contributed by atoms with Crippen LogP contribution in [0.4, 0.5) is 0 Å². The van der Waals surface area contributed by atoms with Crippen molar-refractivity contribution < 1.29 is 4.74 Å². The van der Waals surface area contributed by atoms with E-state index in [-0.39, 0.29) is 5.41 Å². The van der Waals surface area contributed by atoms with Crippen LogP contribution in [0.5, 0.6) is 5.75 Å². The van der Waals surface area contributed by atoms with Gasteiger partial charge in [-0.3, -0.25) is 0 Å². The van der Waals surface area contributed by atoms with Crippen molar-refractivity contribution in [3.8, 4) is 5.75 Å². The van der Waals surface area contributed by atoms with Gasteiger partial charge in [0, 0.05) is 0 Å². The SMILES string of the molecule is COc1c(C)cc(C)cc1C(C)(C)C. The molecular weight excluding hydrogens is 172 g/mol. The summed E-state index contributed by atoms with van der Waals surface area (Å²) in [4.78, 5) is 0. The molecule has 0 radical (unpaired) electrons. The number of methoxy groups -OCH3 is 1. The molecule has 0 aliphatic carbocycles. The number of ether oxygens (including phenoxy) is 1. The average Bonchev–Trinajstić information content (AvgIpc) is 2.01. The molecule has 1 aromatic carbocycles. The first-order valence-corrected chi connectivity index (χ1v) is 5.02. The lowest BCUT2D eigenvalue weighted by atomic mass is 9.84. The van der Waals surface area contributed by atoms with Gasteiger partial charge in [0.05, 0.1) is 7.11 Å². The predicted octanol–water partition coefficient (Wildman–Crippen LogP) is 3.61. The smallest absolute Gasteiger partial charge is 0.125 e. The molecule has 14 heavy (non-hydrogen) atoms. The minimum absolute atomic E-state index is 0.141. The highest BCUT2D eigenvalue weighted by atomic mass is 16.5. The summed E-state index contributed by atoms with van der Waals surface area (Å²) in [7, 11) is 1.74. The normalized spacial score (nSPS) is 11.6. The Morgan fingerprint density at radius 3 is 2.07 bits per heavy atom. The van der Waals surface area contributed by atoms with Crippen LogP contribution >= 0.6 is 0 Å². The van der Waals surface area contributed by atoms with Crippen LogP contribution in [0.15, 0.2) is 12.1 Å². The zero-order valence-corrected chi connectivity index (χ0v) is 10.1. The van der Waals surface area contributed by atoms with Crippen molar-refractivity contribution in [2.45, 2.75) is 40.0 Å². The lowest BCUT2D eigenvalue weighted by Crippen LogP contribution is -2.13. The predicted molar refractivity (Wildman–Crippen MR) is 61.2 cm³/mol. The van der Waals surface area contributed by atoms with Gasteiger partial charge in [-0.2, -0.15) is 0 Å². The summed E-state index contributed by atoms with van der Waals surface area (Å²) in [6, 6.07) is 4.37. The van der Waals surface area contributed by atoms with Crippen LogP contribution in [0.3, 0.4) is 0 Å². The van der Waals surface area contributed by atoms with Crippen LogP contribution in [0, 0.1) is 13.8 Å². The molecule has 78 valence electrons. The van der Waals surface area contributed by atoms with E-state index in [2.05, 4.69) is 46.8 Å². The molecule has 0 unspecified atom stereocenters. The Morgan fingerprint density at radius 1 is 1.07 bits per heavy atom. The summed E-state index contributed by atoms with van der Waals surface area (Å²) in [5.74, 6) is 1.03. The largest absolute Gasteiger partial charge is 0.496 e. The molecule has 0 aliphatic rings. The van der Waals surface area contributed by atoms with Gasteiger partial charge in [-0.1, -0.05) is 38.5 Å². The number of aryl methyl sites for hydroxylation is 2. The van der Waals surface area contributed by atoms with Crippen LogP contribution in [-0.2, 0) is 5.41 Å². The van der Waals surface area contributed by atoms with Gasteiger partial charge in [-0.05, 0) is 30.4 Å². The Kier molecular flexibility index (Phi) is 2.89. The molecule has 0 N–H and O–H groups in total. The fraction of sp³-hybridized carbons (Fsp3) is 0.538. The lowest BCUT2D eigenvalue weighted by Gasteiger charge is -2.24. The van der Waals surface area contributed by atoms with E-state index in [0.717, 1.165) is 5.75 Å². The average molecular weight is 192 g/mol. The van der Waals surface area contributed by atoms with Crippen molar-refractivity contribution >= 4 is 0 Å². The van der Waals surface area contributed by atoms with Gasteiger partial charge in [0.15, 0.2) is 0 Å². The van der Waals surface area contributed by atoms with E-state index >= 15 is 0 Å². The van der Waals surface area contributed by atoms with Crippen LogP contribution < -0.4 is 4.74 Å². The third-order valence-electron chi connectivity index (χ3n) is 2.43. The Morgan fingerprint density at radius 2 is 1.64 bits per heavy atom. The van der Waals surface area contributed by atoms with Crippen LogP contribution in [-0.4, -0.2) is 7.11 Å². The Hall–Kier alpha value is -0.980. The molecule has 1 aromatic rings. The Labute approximate surface area is 87.1 Å². The monoisotopic (exact) mass is 192 g/mol. The van der Waals surface area contributed by atoms with Crippen LogP contribution in [0.2, 0.25) is 0 Å². The molecule has 0 aliphatic heterocycles. The van der Waals surface area contributed by atoms with Crippen molar-refractivity contribution in [2.24, 2.45) is 0 Å². The summed E-state index contributed by atoms with van der Waals surface area (Å²) >= 11 is 0. The first-order valence-electron chi connectivity index (χ1n) is 5.02. The highest BCUT2D eigenvalue weighted by Crippen LogP contribution is 2.34. The minimum Gasteiger partial charge on any atom is -0.496 e. The standard InChI is InChI=1S/C13H20O/c1-9-7-10(2)12(14-6)11(8-9)13(3,4)5/h7-8H,1-6H3. The fourth-order valence-corrected chi connectivity index (χ4v) is 1.78. The second-order valence-corrected chi connectivity index (χ2v) is 4.91. The second kappa shape index (κ2) is 3.64. The van der Waals surface area contributed by atoms with Crippen molar-refractivity contribution in [3.63, 3.8) is 0 Å². The van der Waals surface area contributed by atoms with Gasteiger partial charge in [0.25, 0.3) is 0 Å². The summed E-state index contributed by atoms with van der Waals surface area (Å²) in [6.07, 6.45) is 0. The zero-order chi connectivity index (χ0) is 10.9. The maximum atomic E-state index is 5.46. The van der Waals surface area contributed by atoms with E-state index in [0.29, 0.717) is 0 Å². The van der Waals surface area contributed by atoms with Crippen molar-refractivity contribution in [2.75, 3.05) is 7.11 Å². The highest BCUT2D eigenvalue weighted by molar-refractivity contribution is 5.47. The van der Waals surface area contributed by atoms with Crippen molar-refractivity contribution in [3.05, 3.63) is 28.8 Å². The van der Waals surface area contributed by atoms with E-state index in [1.54, 1.807) is 7.11 Å². The maximum Gasteiger partial charge on any atom is 0.125 e. The Bertz CT molecular complexity index is 332. The van der Waals surface area contributed by atoms with Gasteiger partial charge in [0.2, 0.25) is 0 Å². The molecule has 0 spiro atoms. The third-order valence-corrected chi connectivity index (χ3v) is 2.43. The van der Waals surface area contributed by atoms with Crippen molar-refractivity contribution in [1.29, 1.82) is 0 Å². The summed E-state index contributed by atoms with van der Waals surface area (Å²) in [6.45, 7) is 10.9. The van der Waals surface area contributed by atoms with E-state index in [9.17, 15) is 0 Å². The first-order chi connectivity index (χ1) is 6.36. The Balaban J connectivity index is 3.40. The molecule has 1 heteroatoms. The summed E-state index contributed by atoms with van der Waals surface area (Å²) < 4.78 is 5.46. The number of hydrogen-bond acceptors (Lipinski definition) is 1. The minimum atomic E-state index is 0.141. The molecule has 0 atom stereocenters. The molecule has 0 saturated carbocycles. The van der Waals surface area contributed by atoms with Crippen LogP contribution in [0.1, 0.15) is 37.5 Å². The van der Waals surface area contributed by atoms with E-state index in [1.807, 2.05) is 0 Å². The van der Waals surface area contributed by atoms with E-state index in [1.165, 1.54) is 16.7 Å². The molecule has 0 amide bonds. The molecule has 0 fully saturated rings. The number of hydrogen-bond donors (Lipinski definition) is 0. The molecule has 0 heterocycles. The van der Waals surface area contributed by atoms with Gasteiger partial charge in [0.1, 0.15) is 5.75 Å².